The number of amides is 2. The number of carbonyl (C=O) groups excluding carboxylic acids is 2. The number of anilines is 1. The van der Waals surface area contributed by atoms with Gasteiger partial charge in [0.2, 0.25) is 5.91 Å². The van der Waals surface area contributed by atoms with Crippen LogP contribution in [0.25, 0.3) is 0 Å². The van der Waals surface area contributed by atoms with Crippen LogP contribution in [0.5, 0.6) is 0 Å². The van der Waals surface area contributed by atoms with E-state index in [0.29, 0.717) is 23.7 Å². The Balaban J connectivity index is 1.90. The first-order valence-electron chi connectivity index (χ1n) is 9.02. The van der Waals surface area contributed by atoms with Gasteiger partial charge in [-0.25, -0.2) is 4.39 Å². The Labute approximate surface area is 167 Å². The Bertz CT molecular complexity index is 939. The summed E-state index contributed by atoms with van der Waals surface area (Å²) in [5, 5.41) is 4.64. The predicted molar refractivity (Wildman–Crippen MR) is 110 cm³/mol. The van der Waals surface area contributed by atoms with Crippen LogP contribution in [0.1, 0.15) is 27.7 Å². The molecule has 2 amide bonds. The lowest BCUT2D eigenvalue weighted by molar-refractivity contribution is -0.120. The van der Waals surface area contributed by atoms with Crippen LogP contribution >= 0.6 is 11.3 Å². The summed E-state index contributed by atoms with van der Waals surface area (Å²) in [6.45, 7) is 2.76. The number of halogens is 1. The minimum absolute atomic E-state index is 0.0608. The molecule has 0 aliphatic rings. The number of carbonyl (C=O) groups is 2. The van der Waals surface area contributed by atoms with Crippen LogP contribution in [-0.2, 0) is 17.8 Å². The van der Waals surface area contributed by atoms with Gasteiger partial charge in [0.25, 0.3) is 5.91 Å². The van der Waals surface area contributed by atoms with E-state index in [-0.39, 0.29) is 24.1 Å². The Morgan fingerprint density at radius 3 is 2.50 bits per heavy atom. The maximum absolute atomic E-state index is 13.2. The predicted octanol–water partition coefficient (Wildman–Crippen LogP) is 4.41. The summed E-state index contributed by atoms with van der Waals surface area (Å²) in [6.07, 6.45) is 0.249. The van der Waals surface area contributed by atoms with Crippen molar-refractivity contribution in [3.8, 4) is 0 Å². The monoisotopic (exact) mass is 396 g/mol. The van der Waals surface area contributed by atoms with Gasteiger partial charge in [0, 0.05) is 12.2 Å². The molecule has 4 nitrogen and oxygen atoms in total. The van der Waals surface area contributed by atoms with Crippen molar-refractivity contribution in [2.24, 2.45) is 0 Å². The highest BCUT2D eigenvalue weighted by atomic mass is 32.1. The Morgan fingerprint density at radius 1 is 1.04 bits per heavy atom. The van der Waals surface area contributed by atoms with Crippen LogP contribution in [0.4, 0.5) is 10.1 Å². The SMILES string of the molecule is CCNC(=O)Cc1cccc(N(Cc2ccc(F)cc2)C(=O)c2cccs2)c1. The second-order valence-corrected chi connectivity index (χ2v) is 7.24. The third-order valence-corrected chi connectivity index (χ3v) is 5.05. The number of nitrogens with zero attached hydrogens (tertiary/aromatic N) is 1. The number of nitrogens with one attached hydrogen (secondary N) is 1. The molecule has 3 rings (SSSR count). The van der Waals surface area contributed by atoms with Crippen LogP contribution in [0.2, 0.25) is 0 Å². The van der Waals surface area contributed by atoms with Gasteiger partial charge < -0.3 is 10.2 Å². The second kappa shape index (κ2) is 9.28. The molecule has 0 spiro atoms. The molecule has 1 N–H and O–H groups in total. The van der Waals surface area contributed by atoms with Crippen molar-refractivity contribution in [2.45, 2.75) is 19.9 Å². The van der Waals surface area contributed by atoms with Crippen LogP contribution in [0, 0.1) is 5.82 Å². The van der Waals surface area contributed by atoms with Crippen molar-refractivity contribution in [3.05, 3.63) is 87.9 Å². The van der Waals surface area contributed by atoms with E-state index in [1.807, 2.05) is 42.6 Å². The van der Waals surface area contributed by atoms with Crippen molar-refractivity contribution in [1.82, 2.24) is 5.32 Å². The average molecular weight is 396 g/mol. The molecular weight excluding hydrogens is 375 g/mol. The molecule has 0 atom stereocenters. The average Bonchev–Trinajstić information content (AvgIpc) is 3.22. The number of thiophene rings is 1. The van der Waals surface area contributed by atoms with Gasteiger partial charge in [-0.05, 0) is 53.8 Å². The fraction of sp³-hybridized carbons (Fsp3) is 0.182. The second-order valence-electron chi connectivity index (χ2n) is 6.30. The highest BCUT2D eigenvalue weighted by Crippen LogP contribution is 2.24. The lowest BCUT2D eigenvalue weighted by Crippen LogP contribution is -2.30. The van der Waals surface area contributed by atoms with E-state index in [2.05, 4.69) is 5.32 Å². The molecule has 6 heteroatoms. The summed E-state index contributed by atoms with van der Waals surface area (Å²) in [4.78, 5) is 27.3. The van der Waals surface area contributed by atoms with E-state index >= 15 is 0 Å². The van der Waals surface area contributed by atoms with Gasteiger partial charge in [-0.3, -0.25) is 9.59 Å². The topological polar surface area (TPSA) is 49.4 Å². The van der Waals surface area contributed by atoms with Gasteiger partial charge in [0.15, 0.2) is 0 Å². The van der Waals surface area contributed by atoms with E-state index in [4.69, 9.17) is 0 Å². The van der Waals surface area contributed by atoms with Crippen LogP contribution < -0.4 is 10.2 Å². The molecule has 28 heavy (non-hydrogen) atoms. The van der Waals surface area contributed by atoms with Crippen molar-refractivity contribution < 1.29 is 14.0 Å². The zero-order valence-electron chi connectivity index (χ0n) is 15.5. The zero-order valence-corrected chi connectivity index (χ0v) is 16.3. The largest absolute Gasteiger partial charge is 0.356 e. The maximum atomic E-state index is 13.2. The van der Waals surface area contributed by atoms with Gasteiger partial charge >= 0.3 is 0 Å². The van der Waals surface area contributed by atoms with E-state index in [9.17, 15) is 14.0 Å². The maximum Gasteiger partial charge on any atom is 0.268 e. The van der Waals surface area contributed by atoms with E-state index < -0.39 is 0 Å². The fourth-order valence-electron chi connectivity index (χ4n) is 2.87. The highest BCUT2D eigenvalue weighted by Gasteiger charge is 2.20. The van der Waals surface area contributed by atoms with Crippen LogP contribution in [0.3, 0.4) is 0 Å². The number of likely N-dealkylation sites (N-methyl/N-ethyl adjacent to an activating group) is 1. The molecule has 1 aromatic heterocycles. The summed E-state index contributed by atoms with van der Waals surface area (Å²) >= 11 is 1.37. The first-order valence-corrected chi connectivity index (χ1v) is 9.90. The first-order chi connectivity index (χ1) is 13.6. The van der Waals surface area contributed by atoms with Crippen LogP contribution in [0.15, 0.2) is 66.0 Å². The third kappa shape index (κ3) is 5.04. The number of hydrogen-bond donors (Lipinski definition) is 1. The Kier molecular flexibility index (Phi) is 6.55. The zero-order chi connectivity index (χ0) is 19.9. The summed E-state index contributed by atoms with van der Waals surface area (Å²) in [6, 6.07) is 17.1. The van der Waals surface area contributed by atoms with E-state index in [1.165, 1.54) is 23.5 Å². The Morgan fingerprint density at radius 2 is 1.82 bits per heavy atom. The van der Waals surface area contributed by atoms with Crippen molar-refractivity contribution in [3.63, 3.8) is 0 Å². The normalized spacial score (nSPS) is 10.5. The first kappa shape index (κ1) is 19.8. The lowest BCUT2D eigenvalue weighted by Gasteiger charge is -2.23. The van der Waals surface area contributed by atoms with Crippen molar-refractivity contribution in [1.29, 1.82) is 0 Å². The standard InChI is InChI=1S/C22H21FN2O2S/c1-2-24-21(26)14-17-5-3-6-19(13-17)25(22(27)20-7-4-12-28-20)15-16-8-10-18(23)11-9-16/h3-13H,2,14-15H2,1H3,(H,24,26). The minimum Gasteiger partial charge on any atom is -0.356 e. The van der Waals surface area contributed by atoms with Gasteiger partial charge in [0.1, 0.15) is 5.82 Å². The number of rotatable bonds is 7. The van der Waals surface area contributed by atoms with Crippen molar-refractivity contribution >= 4 is 28.8 Å². The summed E-state index contributed by atoms with van der Waals surface area (Å²) < 4.78 is 13.2. The molecule has 0 aliphatic heterocycles. The molecule has 0 fully saturated rings. The minimum atomic E-state index is -0.316. The molecule has 0 unspecified atom stereocenters. The summed E-state index contributed by atoms with van der Waals surface area (Å²) in [7, 11) is 0. The smallest absolute Gasteiger partial charge is 0.268 e. The summed E-state index contributed by atoms with van der Waals surface area (Å²) in [5.41, 5.74) is 2.34. The van der Waals surface area contributed by atoms with E-state index in [0.717, 1.165) is 11.1 Å². The third-order valence-electron chi connectivity index (χ3n) is 4.19. The quantitative estimate of drug-likeness (QED) is 0.643. The van der Waals surface area contributed by atoms with Gasteiger partial charge in [-0.2, -0.15) is 0 Å². The molecule has 0 radical (unpaired) electrons. The molecule has 2 aromatic carbocycles. The molecule has 3 aromatic rings. The fourth-order valence-corrected chi connectivity index (χ4v) is 3.54. The molecule has 1 heterocycles. The van der Waals surface area contributed by atoms with Crippen molar-refractivity contribution in [2.75, 3.05) is 11.4 Å². The summed E-state index contributed by atoms with van der Waals surface area (Å²) in [5.74, 6) is -0.507. The molecule has 144 valence electrons. The molecule has 0 aliphatic carbocycles. The highest BCUT2D eigenvalue weighted by molar-refractivity contribution is 7.12. The number of benzene rings is 2. The van der Waals surface area contributed by atoms with Crippen LogP contribution in [-0.4, -0.2) is 18.4 Å². The van der Waals surface area contributed by atoms with E-state index in [1.54, 1.807) is 23.1 Å². The molecule has 0 saturated heterocycles. The number of hydrogen-bond acceptors (Lipinski definition) is 3. The Hall–Kier alpha value is -2.99. The molecular formula is C22H21FN2O2S. The van der Waals surface area contributed by atoms with Gasteiger partial charge in [-0.15, -0.1) is 11.3 Å². The molecule has 0 saturated carbocycles. The lowest BCUT2D eigenvalue weighted by atomic mass is 10.1. The van der Waals surface area contributed by atoms with Gasteiger partial charge in [-0.1, -0.05) is 30.3 Å². The van der Waals surface area contributed by atoms with Gasteiger partial charge in [0.05, 0.1) is 17.8 Å². The molecule has 0 bridgehead atoms.